The van der Waals surface area contributed by atoms with E-state index < -0.39 is 11.9 Å². The van der Waals surface area contributed by atoms with E-state index in [0.717, 1.165) is 0 Å². The highest BCUT2D eigenvalue weighted by atomic mass is 35.5. The monoisotopic (exact) mass is 577 g/mol. The second-order valence-corrected chi connectivity index (χ2v) is 9.42. The van der Waals surface area contributed by atoms with Gasteiger partial charge in [0, 0.05) is 45.0 Å². The van der Waals surface area contributed by atoms with Crippen molar-refractivity contribution >= 4 is 34.8 Å². The van der Waals surface area contributed by atoms with E-state index in [1.54, 1.807) is 49.4 Å². The maximum atomic E-state index is 15.3. The van der Waals surface area contributed by atoms with Crippen molar-refractivity contribution in [2.75, 3.05) is 13.7 Å². The van der Waals surface area contributed by atoms with Gasteiger partial charge in [-0.1, -0.05) is 45.2 Å². The Bertz CT molecular complexity index is 1600. The van der Waals surface area contributed by atoms with Crippen LogP contribution in [0.1, 0.15) is 18.2 Å². The molecule has 0 fully saturated rings. The van der Waals surface area contributed by atoms with Crippen molar-refractivity contribution in [2.24, 2.45) is 7.05 Å². The van der Waals surface area contributed by atoms with Gasteiger partial charge in [0.05, 0.1) is 34.2 Å². The summed E-state index contributed by atoms with van der Waals surface area (Å²) in [5, 5.41) is 33.5. The van der Waals surface area contributed by atoms with E-state index >= 15 is 4.39 Å². The highest BCUT2D eigenvalue weighted by Gasteiger charge is 2.26. The number of nitrogens with zero attached hydrogens (tertiary/aromatic N) is 9. The molecule has 0 aliphatic carbocycles. The summed E-state index contributed by atoms with van der Waals surface area (Å²) < 4.78 is 25.7. The second-order valence-electron chi connectivity index (χ2n) is 8.27. The van der Waals surface area contributed by atoms with Gasteiger partial charge in [0.1, 0.15) is 11.7 Å². The smallest absolute Gasteiger partial charge is 0.217 e. The number of halogens is 4. The van der Waals surface area contributed by atoms with Crippen LogP contribution in [0.25, 0.3) is 28.1 Å². The molecule has 38 heavy (non-hydrogen) atoms. The lowest BCUT2D eigenvalue weighted by atomic mass is 10.0. The zero-order valence-corrected chi connectivity index (χ0v) is 22.2. The molecule has 1 aromatic carbocycles. The lowest BCUT2D eigenvalue weighted by Gasteiger charge is -2.18. The summed E-state index contributed by atoms with van der Waals surface area (Å²) in [4.78, 5) is 0. The van der Waals surface area contributed by atoms with Gasteiger partial charge in [0.2, 0.25) is 5.69 Å². The topological polar surface area (TPSA) is 115 Å². The van der Waals surface area contributed by atoms with E-state index in [1.807, 2.05) is 0 Å². The van der Waals surface area contributed by atoms with E-state index in [2.05, 4.69) is 25.7 Å². The molecule has 0 spiro atoms. The Hall–Kier alpha value is -3.58. The first-order valence-corrected chi connectivity index (χ1v) is 12.3. The van der Waals surface area contributed by atoms with Crippen LogP contribution in [-0.2, 0) is 11.8 Å². The maximum absolute atomic E-state index is 15.3. The Morgan fingerprint density at radius 2 is 1.89 bits per heavy atom. The van der Waals surface area contributed by atoms with Gasteiger partial charge in [-0.25, -0.2) is 13.8 Å². The number of benzene rings is 1. The van der Waals surface area contributed by atoms with Crippen molar-refractivity contribution in [2.45, 2.75) is 12.5 Å². The summed E-state index contributed by atoms with van der Waals surface area (Å²) in [5.74, 6) is -0.710. The Morgan fingerprint density at radius 1 is 1.08 bits per heavy atom. The summed E-state index contributed by atoms with van der Waals surface area (Å²) in [7, 11) is 3.29. The van der Waals surface area contributed by atoms with Gasteiger partial charge in [0.25, 0.3) is 0 Å². The van der Waals surface area contributed by atoms with E-state index in [-0.39, 0.29) is 26.5 Å². The molecule has 4 heterocycles. The number of hydrogen-bond donors (Lipinski definition) is 0. The van der Waals surface area contributed by atoms with Gasteiger partial charge in [-0.05, 0) is 18.2 Å². The van der Waals surface area contributed by atoms with E-state index in [4.69, 9.17) is 39.5 Å². The molecule has 0 saturated heterocycles. The summed E-state index contributed by atoms with van der Waals surface area (Å²) >= 11 is 18.2. The number of pyridine rings is 1. The predicted molar refractivity (Wildman–Crippen MR) is 138 cm³/mol. The fourth-order valence-corrected chi connectivity index (χ4v) is 4.73. The van der Waals surface area contributed by atoms with Crippen LogP contribution >= 0.6 is 34.8 Å². The molecule has 0 radical (unpaired) electrons. The zero-order valence-electron chi connectivity index (χ0n) is 20.0. The van der Waals surface area contributed by atoms with Crippen molar-refractivity contribution in [3.8, 4) is 28.1 Å². The summed E-state index contributed by atoms with van der Waals surface area (Å²) in [6.45, 7) is 0.357. The van der Waals surface area contributed by atoms with Crippen LogP contribution in [0.2, 0.25) is 15.3 Å². The fraction of sp³-hybridized carbons (Fsp3) is 0.217. The molecule has 0 aliphatic heterocycles. The molecule has 11 nitrogen and oxygen atoms in total. The third kappa shape index (κ3) is 4.83. The van der Waals surface area contributed by atoms with Gasteiger partial charge in [-0.3, -0.25) is 4.68 Å². The van der Waals surface area contributed by atoms with Crippen LogP contribution in [0.4, 0.5) is 4.39 Å². The number of methoxy groups -OCH3 is 1. The van der Waals surface area contributed by atoms with Crippen molar-refractivity contribution in [3.05, 3.63) is 81.1 Å². The van der Waals surface area contributed by atoms with Gasteiger partial charge in [-0.15, -0.1) is 10.2 Å². The number of rotatable bonds is 8. The standard InChI is InChI=1S/C23H19Cl3FN9O2/c1-33-22(23(26)30-31-33)14-9-28-34(10-14)16(7-8-38-2)17-5-3-13(11-36(17)37)20-18(6-4-15(24)21(20)27)35-12-19(25)29-32-35/h3-6,9-12,16H,7-8H2,1-2H3/t16-/m1/s1. The minimum atomic E-state index is -0.710. The third-order valence-electron chi connectivity index (χ3n) is 5.94. The van der Waals surface area contributed by atoms with Gasteiger partial charge in [-0.2, -0.15) is 9.83 Å². The van der Waals surface area contributed by atoms with Gasteiger partial charge in [0.15, 0.2) is 22.3 Å². The van der Waals surface area contributed by atoms with Crippen molar-refractivity contribution in [1.29, 1.82) is 0 Å². The highest BCUT2D eigenvalue weighted by Crippen LogP contribution is 2.34. The molecule has 196 valence electrons. The first-order valence-electron chi connectivity index (χ1n) is 11.2. The summed E-state index contributed by atoms with van der Waals surface area (Å²) in [6.07, 6.45) is 6.50. The molecule has 5 aromatic rings. The van der Waals surface area contributed by atoms with Crippen LogP contribution in [0.15, 0.2) is 49.1 Å². The molecule has 0 saturated carbocycles. The predicted octanol–water partition coefficient (Wildman–Crippen LogP) is 4.28. The van der Waals surface area contributed by atoms with Gasteiger partial charge < -0.3 is 9.94 Å². The van der Waals surface area contributed by atoms with Crippen LogP contribution in [0.5, 0.6) is 0 Å². The molecule has 0 bridgehead atoms. The number of aryl methyl sites for hydroxylation is 1. The second kappa shape index (κ2) is 10.7. The van der Waals surface area contributed by atoms with Crippen molar-refractivity contribution in [1.82, 2.24) is 39.8 Å². The largest absolute Gasteiger partial charge is 0.618 e. The fourth-order valence-electron chi connectivity index (χ4n) is 4.18. The van der Waals surface area contributed by atoms with E-state index in [0.29, 0.717) is 40.4 Å². The Kier molecular flexibility index (Phi) is 7.30. The summed E-state index contributed by atoms with van der Waals surface area (Å²) in [6, 6.07) is 5.70. The molecule has 0 N–H and O–H groups in total. The average molecular weight is 579 g/mol. The van der Waals surface area contributed by atoms with E-state index in [9.17, 15) is 5.21 Å². The van der Waals surface area contributed by atoms with Crippen LogP contribution < -0.4 is 4.73 Å². The Balaban J connectivity index is 1.57. The number of hydrogen-bond acceptors (Lipinski definition) is 7. The molecule has 0 amide bonds. The van der Waals surface area contributed by atoms with Crippen molar-refractivity contribution < 1.29 is 13.9 Å². The van der Waals surface area contributed by atoms with Crippen LogP contribution in [0, 0.1) is 11.0 Å². The van der Waals surface area contributed by atoms with Crippen molar-refractivity contribution in [3.63, 3.8) is 0 Å². The molecule has 1 atom stereocenters. The highest BCUT2D eigenvalue weighted by molar-refractivity contribution is 6.32. The maximum Gasteiger partial charge on any atom is 0.217 e. The number of ether oxygens (including phenoxy) is 1. The Labute approximate surface area is 230 Å². The number of aromatic nitrogens is 9. The minimum Gasteiger partial charge on any atom is -0.618 e. The molecule has 4 aromatic heterocycles. The normalized spacial score (nSPS) is 12.3. The van der Waals surface area contributed by atoms with Crippen LogP contribution in [0.3, 0.4) is 0 Å². The van der Waals surface area contributed by atoms with E-state index in [1.165, 1.54) is 27.8 Å². The quantitative estimate of drug-likeness (QED) is 0.199. The summed E-state index contributed by atoms with van der Waals surface area (Å²) in [5.41, 5.74) is 2.30. The molecule has 15 heteroatoms. The minimum absolute atomic E-state index is 0.0726. The average Bonchev–Trinajstić information content (AvgIpc) is 3.62. The molecular formula is C23H19Cl3FN9O2. The zero-order chi connectivity index (χ0) is 27.0. The first kappa shape index (κ1) is 26.0. The third-order valence-corrected chi connectivity index (χ3v) is 6.65. The Morgan fingerprint density at radius 3 is 2.55 bits per heavy atom. The SMILES string of the molecule is COCC[C@H](c1ccc(-c2c(-n3cc(Cl)nn3)ccc(Cl)c2F)c[n+]1[O-])n1cc(-c2c(Cl)nnn2C)cn1. The lowest BCUT2D eigenvalue weighted by Crippen LogP contribution is -2.36. The molecule has 0 unspecified atom stereocenters. The lowest BCUT2D eigenvalue weighted by molar-refractivity contribution is -0.615. The molecule has 0 aliphatic rings. The van der Waals surface area contributed by atoms with Gasteiger partial charge >= 0.3 is 0 Å². The first-order chi connectivity index (χ1) is 18.3. The molecular weight excluding hydrogens is 560 g/mol. The molecule has 5 rings (SSSR count). The van der Waals surface area contributed by atoms with Crippen LogP contribution in [-0.4, -0.2) is 53.5 Å².